The molecule has 0 saturated carbocycles. The number of hydrogen-bond acceptors (Lipinski definition) is 2. The second-order valence-electron chi connectivity index (χ2n) is 5.24. The molecule has 0 aliphatic carbocycles. The second kappa shape index (κ2) is 6.79. The zero-order valence-corrected chi connectivity index (χ0v) is 12.2. The molecule has 18 heavy (non-hydrogen) atoms. The highest BCUT2D eigenvalue weighted by Gasteiger charge is 2.26. The van der Waals surface area contributed by atoms with Gasteiger partial charge in [-0.1, -0.05) is 32.9 Å². The number of anilines is 1. The molecule has 1 aromatic rings. The first-order valence-electron chi connectivity index (χ1n) is 7.01. The third-order valence-electron chi connectivity index (χ3n) is 4.19. The van der Waals surface area contributed by atoms with E-state index in [-0.39, 0.29) is 12.0 Å². The van der Waals surface area contributed by atoms with Gasteiger partial charge in [0.15, 0.2) is 0 Å². The summed E-state index contributed by atoms with van der Waals surface area (Å²) < 4.78 is 0. The van der Waals surface area contributed by atoms with Crippen molar-refractivity contribution in [2.24, 2.45) is 5.41 Å². The van der Waals surface area contributed by atoms with Crippen LogP contribution in [0.3, 0.4) is 0 Å². The monoisotopic (exact) mass is 249 g/mol. The van der Waals surface area contributed by atoms with Crippen LogP contribution in [-0.4, -0.2) is 25.3 Å². The molecule has 0 aliphatic heterocycles. The number of rotatable bonds is 7. The van der Waals surface area contributed by atoms with Crippen LogP contribution in [0, 0.1) is 5.41 Å². The van der Waals surface area contributed by atoms with E-state index in [0.717, 1.165) is 25.8 Å². The van der Waals surface area contributed by atoms with Gasteiger partial charge in [-0.05, 0) is 37.0 Å². The molecule has 0 fully saturated rings. The summed E-state index contributed by atoms with van der Waals surface area (Å²) in [4.78, 5) is 2.25. The lowest BCUT2D eigenvalue weighted by Gasteiger charge is -2.35. The van der Waals surface area contributed by atoms with Gasteiger partial charge in [-0.3, -0.25) is 0 Å². The lowest BCUT2D eigenvalue weighted by molar-refractivity contribution is 0.121. The number of aliphatic hydroxyl groups excluding tert-OH is 1. The Kier molecular flexibility index (Phi) is 5.67. The number of aryl methyl sites for hydroxylation is 1. The van der Waals surface area contributed by atoms with Crippen molar-refractivity contribution in [1.29, 1.82) is 0 Å². The summed E-state index contributed by atoms with van der Waals surface area (Å²) in [5, 5.41) is 9.63. The van der Waals surface area contributed by atoms with Crippen LogP contribution in [-0.2, 0) is 6.42 Å². The van der Waals surface area contributed by atoms with Gasteiger partial charge in [-0.25, -0.2) is 0 Å². The fraction of sp³-hybridized carbons (Fsp3) is 0.625. The maximum Gasteiger partial charge on any atom is 0.0504 e. The van der Waals surface area contributed by atoms with Gasteiger partial charge < -0.3 is 10.0 Å². The van der Waals surface area contributed by atoms with Crippen LogP contribution < -0.4 is 4.90 Å². The van der Waals surface area contributed by atoms with Crippen molar-refractivity contribution in [1.82, 2.24) is 0 Å². The summed E-state index contributed by atoms with van der Waals surface area (Å²) in [7, 11) is 2.11. The van der Waals surface area contributed by atoms with E-state index < -0.39 is 0 Å². The van der Waals surface area contributed by atoms with Crippen molar-refractivity contribution in [2.45, 2.75) is 40.0 Å². The van der Waals surface area contributed by atoms with Crippen LogP contribution in [0.4, 0.5) is 5.69 Å². The van der Waals surface area contributed by atoms with E-state index in [2.05, 4.69) is 57.0 Å². The summed E-state index contributed by atoms with van der Waals surface area (Å²) in [6.07, 6.45) is 3.10. The average Bonchev–Trinajstić information content (AvgIpc) is 2.45. The minimum Gasteiger partial charge on any atom is -0.396 e. The maximum absolute atomic E-state index is 9.63. The molecule has 0 heterocycles. The molecule has 0 aromatic heterocycles. The molecule has 102 valence electrons. The van der Waals surface area contributed by atoms with E-state index in [9.17, 15) is 5.11 Å². The largest absolute Gasteiger partial charge is 0.396 e. The van der Waals surface area contributed by atoms with Crippen molar-refractivity contribution in [3.63, 3.8) is 0 Å². The molecule has 0 radical (unpaired) electrons. The van der Waals surface area contributed by atoms with E-state index in [0.29, 0.717) is 0 Å². The van der Waals surface area contributed by atoms with Gasteiger partial charge >= 0.3 is 0 Å². The van der Waals surface area contributed by atoms with E-state index in [4.69, 9.17) is 0 Å². The summed E-state index contributed by atoms with van der Waals surface area (Å²) >= 11 is 0. The maximum atomic E-state index is 9.63. The highest BCUT2D eigenvalue weighted by molar-refractivity contribution is 5.47. The third-order valence-corrected chi connectivity index (χ3v) is 4.19. The van der Waals surface area contributed by atoms with Gasteiger partial charge in [0, 0.05) is 24.7 Å². The molecule has 0 amide bonds. The minimum absolute atomic E-state index is 0.0260. The van der Waals surface area contributed by atoms with Crippen molar-refractivity contribution >= 4 is 5.69 Å². The second-order valence-corrected chi connectivity index (χ2v) is 5.24. The SMILES string of the molecule is CCc1ccc(N(C)CC(CC)(CC)CO)cc1. The quantitative estimate of drug-likeness (QED) is 0.799. The minimum atomic E-state index is 0.0260. The Morgan fingerprint density at radius 2 is 1.61 bits per heavy atom. The Morgan fingerprint density at radius 1 is 1.06 bits per heavy atom. The lowest BCUT2D eigenvalue weighted by Crippen LogP contribution is -2.37. The Labute approximate surface area is 112 Å². The molecule has 0 atom stereocenters. The highest BCUT2D eigenvalue weighted by atomic mass is 16.3. The predicted molar refractivity (Wildman–Crippen MR) is 79.2 cm³/mol. The first kappa shape index (κ1) is 15.0. The molecule has 1 N–H and O–H groups in total. The number of benzene rings is 1. The summed E-state index contributed by atoms with van der Waals surface area (Å²) in [6, 6.07) is 8.72. The zero-order valence-electron chi connectivity index (χ0n) is 12.2. The van der Waals surface area contributed by atoms with Crippen LogP contribution in [0.5, 0.6) is 0 Å². The lowest BCUT2D eigenvalue weighted by atomic mass is 9.82. The van der Waals surface area contributed by atoms with Crippen LogP contribution in [0.25, 0.3) is 0 Å². The van der Waals surface area contributed by atoms with E-state index in [1.807, 2.05) is 0 Å². The predicted octanol–water partition coefficient (Wildman–Crippen LogP) is 3.48. The summed E-state index contributed by atoms with van der Waals surface area (Å²) in [6.45, 7) is 7.66. The van der Waals surface area contributed by atoms with Gasteiger partial charge in [0.2, 0.25) is 0 Å². The van der Waals surface area contributed by atoms with Gasteiger partial charge in [-0.2, -0.15) is 0 Å². The Bertz CT molecular complexity index is 332. The van der Waals surface area contributed by atoms with Crippen LogP contribution >= 0.6 is 0 Å². The standard InChI is InChI=1S/C16H27NO/c1-5-14-8-10-15(11-9-14)17(4)12-16(6-2,7-3)13-18/h8-11,18H,5-7,12-13H2,1-4H3. The van der Waals surface area contributed by atoms with E-state index in [1.54, 1.807) is 0 Å². The highest BCUT2D eigenvalue weighted by Crippen LogP contribution is 2.28. The Hall–Kier alpha value is -1.02. The molecular weight excluding hydrogens is 222 g/mol. The molecule has 0 spiro atoms. The van der Waals surface area contributed by atoms with Gasteiger partial charge in [-0.15, -0.1) is 0 Å². The van der Waals surface area contributed by atoms with Crippen molar-refractivity contribution in [2.75, 3.05) is 25.1 Å². The molecular formula is C16H27NO. The number of aliphatic hydroxyl groups is 1. The van der Waals surface area contributed by atoms with Crippen LogP contribution in [0.15, 0.2) is 24.3 Å². The van der Waals surface area contributed by atoms with Crippen molar-refractivity contribution < 1.29 is 5.11 Å². The molecule has 1 aromatic carbocycles. The molecule has 0 aliphatic rings. The summed E-state index contributed by atoms with van der Waals surface area (Å²) in [5.74, 6) is 0. The van der Waals surface area contributed by atoms with Crippen molar-refractivity contribution in [3.05, 3.63) is 29.8 Å². The van der Waals surface area contributed by atoms with E-state index in [1.165, 1.54) is 11.3 Å². The molecule has 2 heteroatoms. The Balaban J connectivity index is 2.76. The molecule has 0 unspecified atom stereocenters. The topological polar surface area (TPSA) is 23.5 Å². The van der Waals surface area contributed by atoms with Gasteiger partial charge in [0.05, 0.1) is 6.61 Å². The molecule has 2 nitrogen and oxygen atoms in total. The van der Waals surface area contributed by atoms with Crippen molar-refractivity contribution in [3.8, 4) is 0 Å². The Morgan fingerprint density at radius 3 is 2.00 bits per heavy atom. The fourth-order valence-electron chi connectivity index (χ4n) is 2.33. The fourth-order valence-corrected chi connectivity index (χ4v) is 2.33. The molecule has 0 saturated heterocycles. The number of hydrogen-bond donors (Lipinski definition) is 1. The third kappa shape index (κ3) is 3.49. The molecule has 0 bridgehead atoms. The molecule has 1 rings (SSSR count). The average molecular weight is 249 g/mol. The first-order valence-corrected chi connectivity index (χ1v) is 7.01. The van der Waals surface area contributed by atoms with E-state index >= 15 is 0 Å². The van der Waals surface area contributed by atoms with Gasteiger partial charge in [0.25, 0.3) is 0 Å². The zero-order chi connectivity index (χ0) is 13.6. The van der Waals surface area contributed by atoms with Gasteiger partial charge in [0.1, 0.15) is 0 Å². The smallest absolute Gasteiger partial charge is 0.0504 e. The van der Waals surface area contributed by atoms with Crippen LogP contribution in [0.1, 0.15) is 39.2 Å². The first-order chi connectivity index (χ1) is 8.60. The summed E-state index contributed by atoms with van der Waals surface area (Å²) in [5.41, 5.74) is 2.62. The number of nitrogens with zero attached hydrogens (tertiary/aromatic N) is 1. The van der Waals surface area contributed by atoms with Crippen LogP contribution in [0.2, 0.25) is 0 Å². The normalized spacial score (nSPS) is 11.6.